The number of nitrogens with zero attached hydrogens (tertiary/aromatic N) is 4. The lowest BCUT2D eigenvalue weighted by Crippen LogP contribution is -1.94. The summed E-state index contributed by atoms with van der Waals surface area (Å²) in [6, 6.07) is 9.89. The lowest BCUT2D eigenvalue weighted by Gasteiger charge is -2.03. The van der Waals surface area contributed by atoms with E-state index in [-0.39, 0.29) is 0 Å². The van der Waals surface area contributed by atoms with Crippen LogP contribution in [0.3, 0.4) is 0 Å². The van der Waals surface area contributed by atoms with Gasteiger partial charge in [0.05, 0.1) is 0 Å². The van der Waals surface area contributed by atoms with Gasteiger partial charge in [-0.1, -0.05) is 48.9 Å². The van der Waals surface area contributed by atoms with Crippen molar-refractivity contribution < 1.29 is 0 Å². The number of benzene rings is 1. The maximum atomic E-state index is 6.20. The van der Waals surface area contributed by atoms with Crippen molar-refractivity contribution in [2.24, 2.45) is 0 Å². The van der Waals surface area contributed by atoms with Crippen LogP contribution in [0.25, 0.3) is 16.9 Å². The van der Waals surface area contributed by atoms with Crippen LogP contribution in [0.5, 0.6) is 0 Å². The predicted molar refractivity (Wildman–Crippen MR) is 70.6 cm³/mol. The molecule has 0 bridgehead atoms. The lowest BCUT2D eigenvalue weighted by atomic mass is 10.1. The molecule has 2 heterocycles. The van der Waals surface area contributed by atoms with Crippen LogP contribution in [0, 0.1) is 0 Å². The van der Waals surface area contributed by atoms with Crippen molar-refractivity contribution in [1.82, 2.24) is 19.6 Å². The molecule has 18 heavy (non-hydrogen) atoms. The summed E-state index contributed by atoms with van der Waals surface area (Å²) in [5.41, 5.74) is 1.88. The van der Waals surface area contributed by atoms with E-state index in [0.717, 1.165) is 23.4 Å². The second-order valence-electron chi connectivity index (χ2n) is 3.94. The summed E-state index contributed by atoms with van der Waals surface area (Å²) in [6.45, 7) is 2.01. The smallest absolute Gasteiger partial charge is 0.204 e. The molecule has 3 rings (SSSR count). The largest absolute Gasteiger partial charge is 0.253 e. The molecule has 2 aromatic heterocycles. The first-order valence-corrected chi connectivity index (χ1v) is 6.13. The maximum absolute atomic E-state index is 6.20. The highest BCUT2D eigenvalue weighted by Gasteiger charge is 2.10. The van der Waals surface area contributed by atoms with E-state index in [1.54, 1.807) is 4.52 Å². The minimum atomic E-state index is 0.448. The highest BCUT2D eigenvalue weighted by atomic mass is 35.5. The molecule has 0 unspecified atom stereocenters. The zero-order chi connectivity index (χ0) is 12.5. The molecule has 90 valence electrons. The molecule has 1 aromatic carbocycles. The van der Waals surface area contributed by atoms with E-state index >= 15 is 0 Å². The summed E-state index contributed by atoms with van der Waals surface area (Å²) in [5.74, 6) is 1.31. The third kappa shape index (κ3) is 1.84. The van der Waals surface area contributed by atoms with Crippen LogP contribution in [0.4, 0.5) is 0 Å². The van der Waals surface area contributed by atoms with Crippen LogP contribution < -0.4 is 0 Å². The summed E-state index contributed by atoms with van der Waals surface area (Å²) >= 11 is 6.20. The Morgan fingerprint density at radius 3 is 2.67 bits per heavy atom. The van der Waals surface area contributed by atoms with E-state index in [9.17, 15) is 0 Å². The van der Waals surface area contributed by atoms with Crippen LogP contribution >= 0.6 is 11.6 Å². The monoisotopic (exact) mass is 258 g/mol. The number of aryl methyl sites for hydroxylation is 1. The van der Waals surface area contributed by atoms with Gasteiger partial charge in [0.15, 0.2) is 5.82 Å². The Bertz CT molecular complexity index is 691. The number of halogens is 1. The van der Waals surface area contributed by atoms with Crippen LogP contribution in [0.15, 0.2) is 36.5 Å². The molecule has 0 amide bonds. The highest BCUT2D eigenvalue weighted by Crippen LogP contribution is 2.25. The summed E-state index contributed by atoms with van der Waals surface area (Å²) < 4.78 is 1.67. The summed E-state index contributed by atoms with van der Waals surface area (Å²) in [7, 11) is 0. The molecule has 0 aliphatic rings. The van der Waals surface area contributed by atoms with Crippen molar-refractivity contribution in [2.45, 2.75) is 13.3 Å². The standard InChI is InChI=1S/C13H11ClN4/c1-2-11-15-13-16-12(14)10(8-18(13)17-11)9-6-4-3-5-7-9/h3-8H,2H2,1H3. The van der Waals surface area contributed by atoms with E-state index in [2.05, 4.69) is 15.1 Å². The molecule has 0 saturated carbocycles. The molecule has 5 heteroatoms. The van der Waals surface area contributed by atoms with E-state index in [0.29, 0.717) is 10.9 Å². The molecule has 0 saturated heterocycles. The second-order valence-corrected chi connectivity index (χ2v) is 4.30. The van der Waals surface area contributed by atoms with Gasteiger partial charge in [-0.2, -0.15) is 9.97 Å². The molecular weight excluding hydrogens is 248 g/mol. The zero-order valence-corrected chi connectivity index (χ0v) is 10.6. The van der Waals surface area contributed by atoms with Gasteiger partial charge in [0.25, 0.3) is 5.78 Å². The molecule has 0 spiro atoms. The first kappa shape index (κ1) is 11.2. The van der Waals surface area contributed by atoms with Crippen LogP contribution in [-0.4, -0.2) is 19.6 Å². The Morgan fingerprint density at radius 2 is 1.94 bits per heavy atom. The van der Waals surface area contributed by atoms with Gasteiger partial charge >= 0.3 is 0 Å². The Morgan fingerprint density at radius 1 is 1.17 bits per heavy atom. The van der Waals surface area contributed by atoms with E-state index in [1.807, 2.05) is 43.5 Å². The fourth-order valence-corrected chi connectivity index (χ4v) is 2.04. The molecule has 0 aliphatic carbocycles. The van der Waals surface area contributed by atoms with Gasteiger partial charge in [-0.25, -0.2) is 4.52 Å². The molecule has 3 aromatic rings. The quantitative estimate of drug-likeness (QED) is 0.664. The number of hydrogen-bond acceptors (Lipinski definition) is 3. The van der Waals surface area contributed by atoms with Gasteiger partial charge in [0.2, 0.25) is 0 Å². The molecule has 0 fully saturated rings. The second kappa shape index (κ2) is 4.38. The fraction of sp³-hybridized carbons (Fsp3) is 0.154. The number of rotatable bonds is 2. The van der Waals surface area contributed by atoms with Gasteiger partial charge in [0, 0.05) is 18.2 Å². The van der Waals surface area contributed by atoms with Crippen LogP contribution in [0.2, 0.25) is 5.15 Å². The Balaban J connectivity index is 2.21. The Hall–Kier alpha value is -1.94. The Labute approximate surface area is 109 Å². The van der Waals surface area contributed by atoms with E-state index < -0.39 is 0 Å². The number of fused-ring (bicyclic) bond motifs is 1. The van der Waals surface area contributed by atoms with Gasteiger partial charge in [-0.3, -0.25) is 0 Å². The summed E-state index contributed by atoms with van der Waals surface area (Å²) in [6.07, 6.45) is 2.65. The number of hydrogen-bond donors (Lipinski definition) is 0. The molecule has 0 atom stereocenters. The van der Waals surface area contributed by atoms with Gasteiger partial charge in [0.1, 0.15) is 5.15 Å². The third-order valence-corrected chi connectivity index (χ3v) is 3.02. The summed E-state index contributed by atoms with van der Waals surface area (Å²) in [5, 5.41) is 4.79. The lowest BCUT2D eigenvalue weighted by molar-refractivity contribution is 0.881. The average molecular weight is 259 g/mol. The fourth-order valence-electron chi connectivity index (χ4n) is 1.81. The minimum Gasteiger partial charge on any atom is -0.204 e. The average Bonchev–Trinajstić information content (AvgIpc) is 2.80. The van der Waals surface area contributed by atoms with Gasteiger partial charge in [-0.05, 0) is 5.56 Å². The summed E-state index contributed by atoms with van der Waals surface area (Å²) in [4.78, 5) is 8.56. The Kier molecular flexibility index (Phi) is 2.72. The molecule has 0 aliphatic heterocycles. The van der Waals surface area contributed by atoms with E-state index in [4.69, 9.17) is 11.6 Å². The number of aromatic nitrogens is 4. The van der Waals surface area contributed by atoms with Crippen molar-refractivity contribution in [2.75, 3.05) is 0 Å². The first-order chi connectivity index (χ1) is 8.78. The SMILES string of the molecule is CCc1nc2nc(Cl)c(-c3ccccc3)cn2n1. The topological polar surface area (TPSA) is 43.1 Å². The van der Waals surface area contributed by atoms with E-state index in [1.165, 1.54) is 0 Å². The van der Waals surface area contributed by atoms with Crippen LogP contribution in [0.1, 0.15) is 12.7 Å². The van der Waals surface area contributed by atoms with Gasteiger partial charge in [-0.15, -0.1) is 5.10 Å². The normalized spacial score (nSPS) is 11.0. The van der Waals surface area contributed by atoms with Gasteiger partial charge < -0.3 is 0 Å². The zero-order valence-electron chi connectivity index (χ0n) is 9.84. The molecular formula is C13H11ClN4. The third-order valence-electron chi connectivity index (χ3n) is 2.73. The minimum absolute atomic E-state index is 0.448. The van der Waals surface area contributed by atoms with Crippen molar-refractivity contribution in [3.05, 3.63) is 47.5 Å². The van der Waals surface area contributed by atoms with Crippen molar-refractivity contribution >= 4 is 17.4 Å². The first-order valence-electron chi connectivity index (χ1n) is 5.75. The predicted octanol–water partition coefficient (Wildman–Crippen LogP) is 3.01. The van der Waals surface area contributed by atoms with Crippen molar-refractivity contribution in [3.8, 4) is 11.1 Å². The molecule has 4 nitrogen and oxygen atoms in total. The van der Waals surface area contributed by atoms with Crippen LogP contribution in [-0.2, 0) is 6.42 Å². The highest BCUT2D eigenvalue weighted by molar-refractivity contribution is 6.32. The van der Waals surface area contributed by atoms with Crippen molar-refractivity contribution in [3.63, 3.8) is 0 Å². The molecule has 0 N–H and O–H groups in total. The molecule has 0 radical (unpaired) electrons. The van der Waals surface area contributed by atoms with Crippen molar-refractivity contribution in [1.29, 1.82) is 0 Å². The maximum Gasteiger partial charge on any atom is 0.253 e.